The normalized spacial score (nSPS) is 10.2. The van der Waals surface area contributed by atoms with E-state index in [1.54, 1.807) is 7.11 Å². The van der Waals surface area contributed by atoms with Crippen LogP contribution in [0.1, 0.15) is 5.56 Å². The van der Waals surface area contributed by atoms with Crippen LogP contribution >= 0.6 is 23.4 Å². The number of halogens is 1. The molecule has 0 N–H and O–H groups in total. The van der Waals surface area contributed by atoms with Gasteiger partial charge in [0, 0.05) is 17.9 Å². The van der Waals surface area contributed by atoms with E-state index < -0.39 is 0 Å². The molecule has 0 spiro atoms. The van der Waals surface area contributed by atoms with E-state index in [0.29, 0.717) is 19.0 Å². The van der Waals surface area contributed by atoms with Crippen LogP contribution < -0.4 is 0 Å². The van der Waals surface area contributed by atoms with Crippen LogP contribution in [-0.4, -0.2) is 32.0 Å². The summed E-state index contributed by atoms with van der Waals surface area (Å²) >= 11 is 7.29. The van der Waals surface area contributed by atoms with Gasteiger partial charge in [-0.1, -0.05) is 23.7 Å². The minimum Gasteiger partial charge on any atom is -0.463 e. The van der Waals surface area contributed by atoms with E-state index in [1.807, 2.05) is 24.3 Å². The van der Waals surface area contributed by atoms with Crippen molar-refractivity contribution in [3.8, 4) is 0 Å². The fourth-order valence-electron chi connectivity index (χ4n) is 1.11. The third-order valence-corrected chi connectivity index (χ3v) is 3.18. The van der Waals surface area contributed by atoms with Crippen molar-refractivity contribution in [3.05, 3.63) is 34.9 Å². The summed E-state index contributed by atoms with van der Waals surface area (Å²) in [6, 6.07) is 7.58. The Morgan fingerprint density at radius 3 is 2.65 bits per heavy atom. The van der Waals surface area contributed by atoms with E-state index in [1.165, 1.54) is 11.8 Å². The van der Waals surface area contributed by atoms with Crippen LogP contribution in [0.5, 0.6) is 0 Å². The van der Waals surface area contributed by atoms with Crippen molar-refractivity contribution in [2.24, 2.45) is 0 Å². The van der Waals surface area contributed by atoms with Gasteiger partial charge in [-0.05, 0) is 17.7 Å². The van der Waals surface area contributed by atoms with Gasteiger partial charge in [0.15, 0.2) is 0 Å². The van der Waals surface area contributed by atoms with E-state index in [2.05, 4.69) is 0 Å². The first-order chi connectivity index (χ1) is 8.22. The SMILES string of the molecule is COCCOC(=O)CSCc1ccc(Cl)cc1. The van der Waals surface area contributed by atoms with Gasteiger partial charge in [-0.15, -0.1) is 11.8 Å². The van der Waals surface area contributed by atoms with Gasteiger partial charge in [-0.25, -0.2) is 0 Å². The number of esters is 1. The number of hydrogen-bond acceptors (Lipinski definition) is 4. The third kappa shape index (κ3) is 6.56. The summed E-state index contributed by atoms with van der Waals surface area (Å²) in [4.78, 5) is 11.2. The summed E-state index contributed by atoms with van der Waals surface area (Å²) < 4.78 is 9.71. The number of methoxy groups -OCH3 is 1. The maximum absolute atomic E-state index is 11.2. The molecule has 3 nitrogen and oxygen atoms in total. The molecule has 1 aromatic rings. The zero-order chi connectivity index (χ0) is 12.5. The second-order valence-electron chi connectivity index (χ2n) is 3.33. The van der Waals surface area contributed by atoms with Crippen molar-refractivity contribution in [1.29, 1.82) is 0 Å². The zero-order valence-corrected chi connectivity index (χ0v) is 11.2. The van der Waals surface area contributed by atoms with Crippen molar-refractivity contribution in [3.63, 3.8) is 0 Å². The number of rotatable bonds is 7. The molecule has 0 aliphatic carbocycles. The molecule has 0 heterocycles. The molecule has 0 saturated heterocycles. The Bertz CT molecular complexity index is 340. The second-order valence-corrected chi connectivity index (χ2v) is 4.75. The highest BCUT2D eigenvalue weighted by Gasteiger charge is 2.03. The second kappa shape index (κ2) is 8.39. The lowest BCUT2D eigenvalue weighted by atomic mass is 10.2. The van der Waals surface area contributed by atoms with Crippen LogP contribution in [0.4, 0.5) is 0 Å². The van der Waals surface area contributed by atoms with Gasteiger partial charge >= 0.3 is 5.97 Å². The standard InChI is InChI=1S/C12H15ClO3S/c1-15-6-7-16-12(14)9-17-8-10-2-4-11(13)5-3-10/h2-5H,6-9H2,1H3. The number of benzene rings is 1. The number of thioether (sulfide) groups is 1. The monoisotopic (exact) mass is 274 g/mol. The first kappa shape index (κ1) is 14.4. The van der Waals surface area contributed by atoms with Gasteiger partial charge in [0.05, 0.1) is 12.4 Å². The van der Waals surface area contributed by atoms with Gasteiger partial charge in [-0.2, -0.15) is 0 Å². The maximum atomic E-state index is 11.2. The molecule has 0 radical (unpaired) electrons. The fourth-order valence-corrected chi connectivity index (χ4v) is 2.02. The summed E-state index contributed by atoms with van der Waals surface area (Å²) in [7, 11) is 1.57. The number of carbonyl (C=O) groups excluding carboxylic acids is 1. The average molecular weight is 275 g/mol. The van der Waals surface area contributed by atoms with Crippen LogP contribution in [0.15, 0.2) is 24.3 Å². The molecule has 0 amide bonds. The molecule has 0 atom stereocenters. The predicted octanol–water partition coefficient (Wildman–Crippen LogP) is 2.76. The summed E-state index contributed by atoms with van der Waals surface area (Å²) in [6.45, 7) is 0.754. The van der Waals surface area contributed by atoms with Crippen LogP contribution in [0, 0.1) is 0 Å². The molecular weight excluding hydrogens is 260 g/mol. The molecule has 0 aliphatic rings. The van der Waals surface area contributed by atoms with Crippen molar-refractivity contribution >= 4 is 29.3 Å². The summed E-state index contributed by atoms with van der Waals surface area (Å²) in [5, 5.41) is 0.720. The number of carbonyl (C=O) groups is 1. The predicted molar refractivity (Wildman–Crippen MR) is 70.4 cm³/mol. The Labute approximate surface area is 110 Å². The molecule has 0 bridgehead atoms. The third-order valence-electron chi connectivity index (χ3n) is 1.95. The van der Waals surface area contributed by atoms with Crippen molar-refractivity contribution in [1.82, 2.24) is 0 Å². The van der Waals surface area contributed by atoms with Gasteiger partial charge in [-0.3, -0.25) is 4.79 Å². The lowest BCUT2D eigenvalue weighted by molar-refractivity contribution is -0.141. The molecule has 0 aliphatic heterocycles. The van der Waals surface area contributed by atoms with Crippen molar-refractivity contribution in [2.45, 2.75) is 5.75 Å². The molecule has 17 heavy (non-hydrogen) atoms. The highest BCUT2D eigenvalue weighted by atomic mass is 35.5. The molecule has 0 saturated carbocycles. The lowest BCUT2D eigenvalue weighted by Crippen LogP contribution is -2.11. The van der Waals surface area contributed by atoms with E-state index in [-0.39, 0.29) is 5.97 Å². The van der Waals surface area contributed by atoms with E-state index in [0.717, 1.165) is 16.3 Å². The molecular formula is C12H15ClO3S. The summed E-state index contributed by atoms with van der Waals surface area (Å²) in [6.07, 6.45) is 0. The van der Waals surface area contributed by atoms with E-state index in [4.69, 9.17) is 21.1 Å². The Morgan fingerprint density at radius 2 is 2.00 bits per heavy atom. The average Bonchev–Trinajstić information content (AvgIpc) is 2.32. The van der Waals surface area contributed by atoms with Gasteiger partial charge < -0.3 is 9.47 Å². The molecule has 1 rings (SSSR count). The molecule has 0 fully saturated rings. The van der Waals surface area contributed by atoms with Crippen molar-refractivity contribution in [2.75, 3.05) is 26.1 Å². The summed E-state index contributed by atoms with van der Waals surface area (Å²) in [5.74, 6) is 0.920. The topological polar surface area (TPSA) is 35.5 Å². The number of ether oxygens (including phenoxy) is 2. The Hall–Kier alpha value is -0.710. The zero-order valence-electron chi connectivity index (χ0n) is 9.65. The van der Waals surface area contributed by atoms with Gasteiger partial charge in [0.25, 0.3) is 0 Å². The number of hydrogen-bond donors (Lipinski definition) is 0. The first-order valence-electron chi connectivity index (χ1n) is 5.19. The maximum Gasteiger partial charge on any atom is 0.315 e. The molecule has 0 aromatic heterocycles. The fraction of sp³-hybridized carbons (Fsp3) is 0.417. The van der Waals surface area contributed by atoms with Crippen LogP contribution in [0.2, 0.25) is 5.02 Å². The van der Waals surface area contributed by atoms with Crippen LogP contribution in [0.3, 0.4) is 0 Å². The van der Waals surface area contributed by atoms with Crippen LogP contribution in [-0.2, 0) is 20.0 Å². The molecule has 1 aromatic carbocycles. The Morgan fingerprint density at radius 1 is 1.29 bits per heavy atom. The van der Waals surface area contributed by atoms with Crippen molar-refractivity contribution < 1.29 is 14.3 Å². The lowest BCUT2D eigenvalue weighted by Gasteiger charge is -2.04. The highest BCUT2D eigenvalue weighted by Crippen LogP contribution is 2.15. The van der Waals surface area contributed by atoms with E-state index in [9.17, 15) is 4.79 Å². The Balaban J connectivity index is 2.14. The smallest absolute Gasteiger partial charge is 0.315 e. The molecule has 0 unspecified atom stereocenters. The minimum absolute atomic E-state index is 0.207. The van der Waals surface area contributed by atoms with Gasteiger partial charge in [0.1, 0.15) is 6.61 Å². The summed E-state index contributed by atoms with van der Waals surface area (Å²) in [5.41, 5.74) is 1.14. The Kier molecular flexibility index (Phi) is 7.08. The molecule has 5 heteroatoms. The first-order valence-corrected chi connectivity index (χ1v) is 6.72. The molecule has 94 valence electrons. The van der Waals surface area contributed by atoms with Gasteiger partial charge in [0.2, 0.25) is 0 Å². The highest BCUT2D eigenvalue weighted by molar-refractivity contribution is 7.99. The minimum atomic E-state index is -0.207. The van der Waals surface area contributed by atoms with Crippen LogP contribution in [0.25, 0.3) is 0 Å². The largest absolute Gasteiger partial charge is 0.463 e. The van der Waals surface area contributed by atoms with E-state index >= 15 is 0 Å². The quantitative estimate of drug-likeness (QED) is 0.566.